The Morgan fingerprint density at radius 3 is 2.30 bits per heavy atom. The fourth-order valence-corrected chi connectivity index (χ4v) is 3.01. The summed E-state index contributed by atoms with van der Waals surface area (Å²) >= 11 is 5.95. The summed E-state index contributed by atoms with van der Waals surface area (Å²) in [6.45, 7) is 1.77. The molecule has 1 aliphatic rings. The molecule has 0 atom stereocenters. The van der Waals surface area contributed by atoms with Crippen LogP contribution in [-0.4, -0.2) is 60.2 Å². The number of alkyl halides is 3. The molecule has 0 radical (unpaired) electrons. The van der Waals surface area contributed by atoms with Crippen molar-refractivity contribution < 1.29 is 32.3 Å². The van der Waals surface area contributed by atoms with Crippen molar-refractivity contribution in [2.45, 2.75) is 12.7 Å². The van der Waals surface area contributed by atoms with Gasteiger partial charge in [-0.1, -0.05) is 11.6 Å². The van der Waals surface area contributed by atoms with Crippen LogP contribution in [0.1, 0.15) is 16.1 Å². The molecule has 9 nitrogen and oxygen atoms in total. The van der Waals surface area contributed by atoms with Crippen LogP contribution >= 0.6 is 11.6 Å². The van der Waals surface area contributed by atoms with Crippen molar-refractivity contribution >= 4 is 35.1 Å². The molecule has 3 rings (SSSR count). The highest BCUT2D eigenvalue weighted by molar-refractivity contribution is 6.30. The fourth-order valence-electron chi connectivity index (χ4n) is 2.89. The standard InChI is InChI=1S/C20H19ClF3N5O4/c21-14-2-5-16(6-3-14)29(19(32)28-7-9-33-10-8-28)12-15-4-1-13(11-25-15)17(30)26-27-18(31)20(22,23)24/h1-6,11H,7-10,12H2,(H,26,30)(H,27,31). The third kappa shape index (κ3) is 6.56. The van der Waals surface area contributed by atoms with Gasteiger partial charge in [-0.25, -0.2) is 4.79 Å². The summed E-state index contributed by atoms with van der Waals surface area (Å²) in [6.07, 6.45) is -4.00. The molecule has 1 saturated heterocycles. The first-order valence-electron chi connectivity index (χ1n) is 9.67. The van der Waals surface area contributed by atoms with Gasteiger partial charge in [-0.2, -0.15) is 13.2 Å². The minimum Gasteiger partial charge on any atom is -0.378 e. The predicted octanol–water partition coefficient (Wildman–Crippen LogP) is 2.52. The molecule has 0 spiro atoms. The molecule has 0 bridgehead atoms. The van der Waals surface area contributed by atoms with Gasteiger partial charge >= 0.3 is 18.1 Å². The van der Waals surface area contributed by atoms with Crippen LogP contribution in [0.3, 0.4) is 0 Å². The van der Waals surface area contributed by atoms with Gasteiger partial charge in [0.05, 0.1) is 31.0 Å². The number of hydrogen-bond donors (Lipinski definition) is 2. The lowest BCUT2D eigenvalue weighted by atomic mass is 10.2. The van der Waals surface area contributed by atoms with Gasteiger partial charge in [0, 0.05) is 30.0 Å². The fraction of sp³-hybridized carbons (Fsp3) is 0.300. The lowest BCUT2D eigenvalue weighted by Gasteiger charge is -2.33. The number of rotatable bonds is 4. The summed E-state index contributed by atoms with van der Waals surface area (Å²) in [6, 6.07) is 9.17. The topological polar surface area (TPSA) is 104 Å². The van der Waals surface area contributed by atoms with Crippen molar-refractivity contribution in [2.24, 2.45) is 0 Å². The highest BCUT2D eigenvalue weighted by Gasteiger charge is 2.39. The molecule has 4 amide bonds. The van der Waals surface area contributed by atoms with Crippen molar-refractivity contribution in [3.05, 3.63) is 58.9 Å². The lowest BCUT2D eigenvalue weighted by molar-refractivity contribution is -0.174. The van der Waals surface area contributed by atoms with E-state index in [4.69, 9.17) is 16.3 Å². The zero-order valence-electron chi connectivity index (χ0n) is 17.1. The number of pyridine rings is 1. The summed E-state index contributed by atoms with van der Waals surface area (Å²) < 4.78 is 41.9. The summed E-state index contributed by atoms with van der Waals surface area (Å²) in [5.74, 6) is -3.29. The Labute approximate surface area is 191 Å². The molecule has 0 unspecified atom stereocenters. The number of carbonyl (C=O) groups is 3. The Hall–Kier alpha value is -3.38. The second-order valence-corrected chi connectivity index (χ2v) is 7.33. The number of morpholine rings is 1. The Bertz CT molecular complexity index is 996. The number of urea groups is 1. The van der Waals surface area contributed by atoms with Crippen LogP contribution in [0, 0.1) is 0 Å². The van der Waals surface area contributed by atoms with E-state index in [9.17, 15) is 27.6 Å². The van der Waals surface area contributed by atoms with Crippen LogP contribution in [-0.2, 0) is 16.1 Å². The number of hydrazine groups is 1. The number of halogens is 4. The molecule has 1 fully saturated rings. The average molecular weight is 486 g/mol. The minimum atomic E-state index is -5.13. The molecule has 0 saturated carbocycles. The summed E-state index contributed by atoms with van der Waals surface area (Å²) in [5, 5.41) is 0.503. The molecular weight excluding hydrogens is 467 g/mol. The van der Waals surface area contributed by atoms with Gasteiger partial charge in [-0.3, -0.25) is 30.3 Å². The van der Waals surface area contributed by atoms with Crippen LogP contribution in [0.5, 0.6) is 0 Å². The van der Waals surface area contributed by atoms with E-state index in [1.807, 2.05) is 0 Å². The number of hydrogen-bond acceptors (Lipinski definition) is 5. The first kappa shape index (κ1) is 24.3. The monoisotopic (exact) mass is 485 g/mol. The van der Waals surface area contributed by atoms with Crippen molar-refractivity contribution in [2.75, 3.05) is 31.2 Å². The molecule has 2 aromatic rings. The normalized spacial score (nSPS) is 13.9. The maximum Gasteiger partial charge on any atom is 0.472 e. The van der Waals surface area contributed by atoms with E-state index < -0.39 is 18.0 Å². The SMILES string of the molecule is O=C(NNC(=O)C(F)(F)F)c1ccc(CN(C(=O)N2CCOCC2)c2ccc(Cl)cc2)nc1. The van der Waals surface area contributed by atoms with E-state index in [2.05, 4.69) is 4.98 Å². The number of nitrogens with one attached hydrogen (secondary N) is 2. The second kappa shape index (κ2) is 10.5. The third-order valence-corrected chi connectivity index (χ3v) is 4.86. The van der Waals surface area contributed by atoms with E-state index >= 15 is 0 Å². The van der Waals surface area contributed by atoms with Gasteiger partial charge in [-0.15, -0.1) is 0 Å². The van der Waals surface area contributed by atoms with Crippen LogP contribution in [0.2, 0.25) is 5.02 Å². The molecule has 176 valence electrons. The third-order valence-electron chi connectivity index (χ3n) is 4.60. The molecule has 0 aliphatic carbocycles. The van der Waals surface area contributed by atoms with Gasteiger partial charge in [0.2, 0.25) is 0 Å². The van der Waals surface area contributed by atoms with E-state index in [1.165, 1.54) is 22.5 Å². The lowest BCUT2D eigenvalue weighted by Crippen LogP contribution is -2.48. The molecule has 1 aliphatic heterocycles. The molecule has 2 N–H and O–H groups in total. The number of benzene rings is 1. The molecule has 1 aromatic heterocycles. The largest absolute Gasteiger partial charge is 0.472 e. The van der Waals surface area contributed by atoms with E-state index in [0.717, 1.165) is 6.20 Å². The zero-order chi connectivity index (χ0) is 24.0. The summed E-state index contributed by atoms with van der Waals surface area (Å²) in [5.41, 5.74) is 3.85. The number of anilines is 1. The predicted molar refractivity (Wildman–Crippen MR) is 111 cm³/mol. The van der Waals surface area contributed by atoms with E-state index in [1.54, 1.807) is 34.6 Å². The quantitative estimate of drug-likeness (QED) is 0.648. The number of amides is 4. The van der Waals surface area contributed by atoms with Crippen LogP contribution < -0.4 is 15.8 Å². The van der Waals surface area contributed by atoms with Crippen molar-refractivity contribution in [1.29, 1.82) is 0 Å². The summed E-state index contributed by atoms with van der Waals surface area (Å²) in [4.78, 5) is 43.1. The van der Waals surface area contributed by atoms with Gasteiger partial charge < -0.3 is 9.64 Å². The second-order valence-electron chi connectivity index (χ2n) is 6.89. The van der Waals surface area contributed by atoms with Gasteiger partial charge in [0.25, 0.3) is 5.91 Å². The average Bonchev–Trinajstić information content (AvgIpc) is 2.81. The molecule has 2 heterocycles. The van der Waals surface area contributed by atoms with Crippen molar-refractivity contribution in [3.63, 3.8) is 0 Å². The maximum absolute atomic E-state index is 13.1. The Morgan fingerprint density at radius 2 is 1.73 bits per heavy atom. The van der Waals surface area contributed by atoms with Crippen LogP contribution in [0.4, 0.5) is 23.7 Å². The van der Waals surface area contributed by atoms with Crippen LogP contribution in [0.25, 0.3) is 0 Å². The first-order chi connectivity index (χ1) is 15.6. The van der Waals surface area contributed by atoms with Gasteiger partial charge in [-0.05, 0) is 36.4 Å². The molecule has 13 heteroatoms. The highest BCUT2D eigenvalue weighted by Crippen LogP contribution is 2.22. The number of ether oxygens (including phenoxy) is 1. The number of carbonyl (C=O) groups excluding carboxylic acids is 3. The molecular formula is C20H19ClF3N5O4. The molecule has 1 aromatic carbocycles. The van der Waals surface area contributed by atoms with Crippen molar-refractivity contribution in [3.8, 4) is 0 Å². The highest BCUT2D eigenvalue weighted by atomic mass is 35.5. The van der Waals surface area contributed by atoms with Crippen LogP contribution in [0.15, 0.2) is 42.6 Å². The smallest absolute Gasteiger partial charge is 0.378 e. The van der Waals surface area contributed by atoms with Gasteiger partial charge in [0.1, 0.15) is 0 Å². The van der Waals surface area contributed by atoms with Crippen molar-refractivity contribution in [1.82, 2.24) is 20.7 Å². The Kier molecular flexibility index (Phi) is 7.71. The Morgan fingerprint density at radius 1 is 1.06 bits per heavy atom. The number of aromatic nitrogens is 1. The van der Waals surface area contributed by atoms with Gasteiger partial charge in [0.15, 0.2) is 0 Å². The minimum absolute atomic E-state index is 0.0601. The summed E-state index contributed by atoms with van der Waals surface area (Å²) in [7, 11) is 0. The Balaban J connectivity index is 1.72. The zero-order valence-corrected chi connectivity index (χ0v) is 17.8. The number of nitrogens with zero attached hydrogens (tertiary/aromatic N) is 3. The molecule has 33 heavy (non-hydrogen) atoms. The van der Waals surface area contributed by atoms with E-state index in [-0.39, 0.29) is 18.1 Å². The van der Waals surface area contributed by atoms with E-state index in [0.29, 0.717) is 42.7 Å². The maximum atomic E-state index is 13.1. The first-order valence-corrected chi connectivity index (χ1v) is 10.0.